The van der Waals surface area contributed by atoms with E-state index in [9.17, 15) is 25.0 Å². The van der Waals surface area contributed by atoms with Crippen molar-refractivity contribution >= 4 is 17.3 Å². The van der Waals surface area contributed by atoms with E-state index in [1.807, 2.05) is 6.92 Å². The molecule has 0 bridgehead atoms. The van der Waals surface area contributed by atoms with Crippen molar-refractivity contribution in [1.82, 2.24) is 0 Å². The molecule has 1 atom stereocenters. The fourth-order valence-corrected chi connectivity index (χ4v) is 2.64. The number of carbonyl (C=O) groups excluding carboxylic acids is 1. The van der Waals surface area contributed by atoms with Gasteiger partial charge in [0.25, 0.3) is 5.69 Å². The molecule has 0 saturated carbocycles. The maximum Gasteiger partial charge on any atom is 0.336 e. The largest absolute Gasteiger partial charge is 0.416 e. The quantitative estimate of drug-likeness (QED) is 0.142. The lowest BCUT2D eigenvalue weighted by Gasteiger charge is -2.16. The van der Waals surface area contributed by atoms with Crippen LogP contribution in [0, 0.1) is 20.2 Å². The van der Waals surface area contributed by atoms with Crippen molar-refractivity contribution in [3.8, 4) is 5.75 Å². The van der Waals surface area contributed by atoms with Gasteiger partial charge in [0.1, 0.15) is 0 Å². The molecule has 0 aliphatic rings. The number of ether oxygens (including phenoxy) is 1. The summed E-state index contributed by atoms with van der Waals surface area (Å²) in [5.41, 5.74) is -0.661. The number of benzene rings is 1. The first-order valence-corrected chi connectivity index (χ1v) is 8.63. The number of nitrogens with zero attached hydrogens (tertiary/aromatic N) is 2. The number of allylic oxidation sites excluding steroid dienone is 1. The van der Waals surface area contributed by atoms with Crippen molar-refractivity contribution in [2.24, 2.45) is 0 Å². The first-order chi connectivity index (χ1) is 12.3. The van der Waals surface area contributed by atoms with E-state index in [0.29, 0.717) is 12.0 Å². The van der Waals surface area contributed by atoms with Crippen LogP contribution in [0.5, 0.6) is 5.75 Å². The molecule has 8 nitrogen and oxygen atoms in total. The highest BCUT2D eigenvalue weighted by atomic mass is 16.7. The van der Waals surface area contributed by atoms with Crippen LogP contribution >= 0.6 is 0 Å². The molecule has 26 heavy (non-hydrogen) atoms. The lowest BCUT2D eigenvalue weighted by atomic mass is 10.1. The molecule has 142 valence electrons. The van der Waals surface area contributed by atoms with Crippen LogP contribution in [0.3, 0.4) is 0 Å². The molecule has 0 aromatic heterocycles. The van der Waals surface area contributed by atoms with Crippen molar-refractivity contribution in [3.05, 3.63) is 50.1 Å². The zero-order valence-electron chi connectivity index (χ0n) is 15.3. The summed E-state index contributed by atoms with van der Waals surface area (Å²) in [6.45, 7) is 5.52. The Morgan fingerprint density at radius 2 is 1.88 bits per heavy atom. The molecule has 0 spiro atoms. The van der Waals surface area contributed by atoms with Crippen LogP contribution in [0.25, 0.3) is 0 Å². The number of non-ortho nitro benzene ring substituents is 1. The van der Waals surface area contributed by atoms with Crippen LogP contribution in [0.4, 0.5) is 11.4 Å². The molecule has 0 aliphatic carbocycles. The van der Waals surface area contributed by atoms with E-state index in [1.54, 1.807) is 6.92 Å². The maximum atomic E-state index is 11.8. The average Bonchev–Trinajstić information content (AvgIpc) is 2.58. The lowest BCUT2D eigenvalue weighted by Crippen LogP contribution is -2.10. The van der Waals surface area contributed by atoms with Crippen molar-refractivity contribution in [1.29, 1.82) is 0 Å². The van der Waals surface area contributed by atoms with Gasteiger partial charge in [0.2, 0.25) is 5.75 Å². The highest BCUT2D eigenvalue weighted by Crippen LogP contribution is 2.41. The van der Waals surface area contributed by atoms with Gasteiger partial charge in [-0.3, -0.25) is 20.2 Å². The van der Waals surface area contributed by atoms with E-state index in [2.05, 4.69) is 6.92 Å². The van der Waals surface area contributed by atoms with E-state index in [4.69, 9.17) is 4.74 Å². The summed E-state index contributed by atoms with van der Waals surface area (Å²) < 4.78 is 5.17. The Labute approximate surface area is 152 Å². The van der Waals surface area contributed by atoms with Gasteiger partial charge in [-0.15, -0.1) is 0 Å². The molecule has 0 fully saturated rings. The molecule has 1 aromatic rings. The Kier molecular flexibility index (Phi) is 8.41. The van der Waals surface area contributed by atoms with Crippen LogP contribution in [-0.2, 0) is 4.79 Å². The van der Waals surface area contributed by atoms with E-state index < -0.39 is 27.2 Å². The molecule has 0 heterocycles. The second kappa shape index (κ2) is 10.3. The van der Waals surface area contributed by atoms with Gasteiger partial charge in [-0.05, 0) is 19.3 Å². The minimum Gasteiger partial charge on any atom is -0.416 e. The minimum atomic E-state index is -0.765. The second-order valence-corrected chi connectivity index (χ2v) is 6.07. The van der Waals surface area contributed by atoms with Gasteiger partial charge < -0.3 is 4.74 Å². The Morgan fingerprint density at radius 1 is 1.19 bits per heavy atom. The molecule has 1 rings (SSSR count). The molecule has 0 N–H and O–H groups in total. The number of nitro groups is 2. The molecule has 0 saturated heterocycles. The van der Waals surface area contributed by atoms with Crippen LogP contribution < -0.4 is 4.74 Å². The van der Waals surface area contributed by atoms with E-state index >= 15 is 0 Å². The first-order valence-electron chi connectivity index (χ1n) is 8.63. The third-order valence-corrected chi connectivity index (χ3v) is 4.02. The SMILES string of the molecule is C/C=C/C(=O)O[13c]1[13c](C(C)CCCCCC)[13cH][13c]([N+](=O)[O-])[13cH][13c]1[N+](=O)[O-]. The normalized spacial score (nSPS) is 12.1. The topological polar surface area (TPSA) is 113 Å². The van der Waals surface area contributed by atoms with Crippen molar-refractivity contribution in [2.45, 2.75) is 58.8 Å². The smallest absolute Gasteiger partial charge is 0.336 e. The van der Waals surface area contributed by atoms with Crippen LogP contribution in [0.1, 0.15) is 64.4 Å². The maximum absolute atomic E-state index is 11.8. The first kappa shape index (κ1) is 21.3. The van der Waals surface area contributed by atoms with Gasteiger partial charge in [-0.1, -0.05) is 45.6 Å². The summed E-state index contributed by atoms with van der Waals surface area (Å²) in [4.78, 5) is 32.9. The Morgan fingerprint density at radius 3 is 2.42 bits per heavy atom. The summed E-state index contributed by atoms with van der Waals surface area (Å²) in [5.74, 6) is -1.20. The summed E-state index contributed by atoms with van der Waals surface area (Å²) in [6, 6.07) is 2.08. The Balaban J connectivity index is 3.33. The number of esters is 1. The van der Waals surface area contributed by atoms with Gasteiger partial charge >= 0.3 is 11.7 Å². The highest BCUT2D eigenvalue weighted by Gasteiger charge is 2.29. The lowest BCUT2D eigenvalue weighted by molar-refractivity contribution is -0.394. The molecular formula is C18H24N2O6. The molecule has 0 aliphatic heterocycles. The summed E-state index contributed by atoms with van der Waals surface area (Å²) >= 11 is 0. The highest BCUT2D eigenvalue weighted by molar-refractivity contribution is 5.85. The molecule has 0 radical (unpaired) electrons. The fraction of sp³-hybridized carbons (Fsp3) is 0.500. The minimum absolute atomic E-state index is 0.216. The molecule has 1 unspecified atom stereocenters. The Bertz CT molecular complexity index is 699. The number of rotatable bonds is 10. The Hall–Kier alpha value is -2.77. The number of nitro benzene ring substituents is 2. The van der Waals surface area contributed by atoms with E-state index in [-0.39, 0.29) is 11.7 Å². The average molecular weight is 370 g/mol. The van der Waals surface area contributed by atoms with Crippen molar-refractivity contribution in [2.75, 3.05) is 0 Å². The number of hydrogen-bond acceptors (Lipinski definition) is 6. The molecule has 0 amide bonds. The third-order valence-electron chi connectivity index (χ3n) is 4.02. The van der Waals surface area contributed by atoms with Crippen molar-refractivity contribution < 1.29 is 19.4 Å². The predicted molar refractivity (Wildman–Crippen MR) is 97.4 cm³/mol. The molecular weight excluding hydrogens is 346 g/mol. The van der Waals surface area contributed by atoms with Gasteiger partial charge in [0, 0.05) is 17.7 Å². The van der Waals surface area contributed by atoms with Gasteiger partial charge in [0.15, 0.2) is 0 Å². The monoisotopic (exact) mass is 370 g/mol. The van der Waals surface area contributed by atoms with E-state index in [1.165, 1.54) is 12.1 Å². The predicted octanol–water partition coefficient (Wildman–Crippen LogP) is 5.06. The fourth-order valence-electron chi connectivity index (χ4n) is 2.64. The summed E-state index contributed by atoms with van der Waals surface area (Å²) in [5, 5.41) is 22.5. The standard InChI is InChI=1S/C18H24N2O6/c1-4-6-7-8-10-13(3)15-11-14(19(22)23)12-16(20(24)25)18(15)26-17(21)9-5-2/h5,9,11-13H,4,6-8,10H2,1-3H3/b9-5+/i11+1,12+1,14+1,15+1,16+1,18+1. The zero-order valence-corrected chi connectivity index (χ0v) is 15.3. The summed E-state index contributed by atoms with van der Waals surface area (Å²) in [6.07, 6.45) is 7.31. The molecule has 8 heteroatoms. The number of hydrogen-bond donors (Lipinski definition) is 0. The zero-order chi connectivity index (χ0) is 19.7. The number of unbranched alkanes of at least 4 members (excludes halogenated alkanes) is 3. The molecule has 1 aromatic carbocycles. The third kappa shape index (κ3) is 5.94. The van der Waals surface area contributed by atoms with Crippen molar-refractivity contribution in [3.63, 3.8) is 0 Å². The number of carbonyl (C=O) groups is 1. The van der Waals surface area contributed by atoms with Crippen LogP contribution in [0.2, 0.25) is 0 Å². The second-order valence-electron chi connectivity index (χ2n) is 6.07. The van der Waals surface area contributed by atoms with Gasteiger partial charge in [-0.2, -0.15) is 0 Å². The van der Waals surface area contributed by atoms with Crippen LogP contribution in [0.15, 0.2) is 24.3 Å². The van der Waals surface area contributed by atoms with Gasteiger partial charge in [0.05, 0.1) is 15.9 Å². The van der Waals surface area contributed by atoms with Gasteiger partial charge in [-0.25, -0.2) is 4.79 Å². The van der Waals surface area contributed by atoms with E-state index in [0.717, 1.165) is 37.8 Å². The summed E-state index contributed by atoms with van der Waals surface area (Å²) in [7, 11) is 0. The van der Waals surface area contributed by atoms with Crippen LogP contribution in [-0.4, -0.2) is 15.8 Å².